The van der Waals surface area contributed by atoms with Crippen LogP contribution in [0, 0.1) is 0 Å². The number of halogens is 3. The number of carbonyl (C=O) groups is 2. The Balaban J connectivity index is 2.42. The summed E-state index contributed by atoms with van der Waals surface area (Å²) < 4.78 is 38.0. The number of rotatable bonds is 2. The number of carboxylic acid groups (broad SMARTS) is 1. The summed E-state index contributed by atoms with van der Waals surface area (Å²) in [6.45, 7) is -0.0640. The van der Waals surface area contributed by atoms with Crippen molar-refractivity contribution in [2.75, 3.05) is 11.4 Å². The maximum absolute atomic E-state index is 12.7. The number of nitrogens with zero attached hydrogens (tertiary/aromatic N) is 1. The molecule has 1 aromatic carbocycles. The Morgan fingerprint density at radius 1 is 1.29 bits per heavy atom. The van der Waals surface area contributed by atoms with Crippen LogP contribution in [0.25, 0.3) is 0 Å². The molecular formula is C14H14F3NO3. The Morgan fingerprint density at radius 3 is 2.57 bits per heavy atom. The number of hydrogen-bond acceptors (Lipinski definition) is 2. The predicted molar refractivity (Wildman–Crippen MR) is 69.1 cm³/mol. The van der Waals surface area contributed by atoms with E-state index in [0.717, 1.165) is 0 Å². The first-order valence-electron chi connectivity index (χ1n) is 6.50. The molecule has 0 saturated heterocycles. The fourth-order valence-corrected chi connectivity index (χ4v) is 2.64. The largest absolute Gasteiger partial charge is 0.481 e. The second-order valence-corrected chi connectivity index (χ2v) is 4.95. The van der Waals surface area contributed by atoms with Crippen LogP contribution < -0.4 is 4.90 Å². The lowest BCUT2D eigenvalue weighted by atomic mass is 9.91. The van der Waals surface area contributed by atoms with Crippen molar-refractivity contribution in [3.05, 3.63) is 29.8 Å². The molecule has 114 valence electrons. The van der Waals surface area contributed by atoms with Crippen molar-refractivity contribution in [3.63, 3.8) is 0 Å². The molecule has 0 spiro atoms. The molecule has 0 bridgehead atoms. The summed E-state index contributed by atoms with van der Waals surface area (Å²) in [5, 5.41) is 8.93. The Hall–Kier alpha value is -2.05. The zero-order chi connectivity index (χ0) is 15.6. The number of para-hydroxylation sites is 1. The van der Waals surface area contributed by atoms with Gasteiger partial charge in [-0.2, -0.15) is 13.2 Å². The van der Waals surface area contributed by atoms with Gasteiger partial charge in [-0.1, -0.05) is 18.2 Å². The number of carbonyl (C=O) groups excluding carboxylic acids is 1. The van der Waals surface area contributed by atoms with E-state index >= 15 is 0 Å². The number of amides is 1. The van der Waals surface area contributed by atoms with E-state index in [2.05, 4.69) is 0 Å². The summed E-state index contributed by atoms with van der Waals surface area (Å²) >= 11 is 0. The fraction of sp³-hybridized carbons (Fsp3) is 0.429. The molecule has 0 aliphatic carbocycles. The molecule has 21 heavy (non-hydrogen) atoms. The third-order valence-electron chi connectivity index (χ3n) is 3.51. The van der Waals surface area contributed by atoms with Gasteiger partial charge >= 0.3 is 18.1 Å². The molecule has 1 unspecified atom stereocenters. The van der Waals surface area contributed by atoms with Gasteiger partial charge in [-0.15, -0.1) is 0 Å². The van der Waals surface area contributed by atoms with Gasteiger partial charge in [0.05, 0.1) is 6.42 Å². The average Bonchev–Trinajstić information content (AvgIpc) is 2.57. The Kier molecular flexibility index (Phi) is 4.20. The molecule has 7 heteroatoms. The summed E-state index contributed by atoms with van der Waals surface area (Å²) in [7, 11) is 0. The second kappa shape index (κ2) is 5.75. The summed E-state index contributed by atoms with van der Waals surface area (Å²) in [6, 6.07) is 6.19. The van der Waals surface area contributed by atoms with Crippen LogP contribution in [0.4, 0.5) is 18.9 Å². The van der Waals surface area contributed by atoms with Crippen LogP contribution in [0.15, 0.2) is 24.3 Å². The zero-order valence-electron chi connectivity index (χ0n) is 11.1. The fourth-order valence-electron chi connectivity index (χ4n) is 2.64. The summed E-state index contributed by atoms with van der Waals surface area (Å²) in [5.41, 5.74) is 0.638. The van der Waals surface area contributed by atoms with E-state index < -0.39 is 18.1 Å². The maximum Gasteiger partial charge on any atom is 0.471 e. The number of benzene rings is 1. The highest BCUT2D eigenvalue weighted by Crippen LogP contribution is 2.37. The topological polar surface area (TPSA) is 57.6 Å². The van der Waals surface area contributed by atoms with Crippen LogP contribution >= 0.6 is 0 Å². The second-order valence-electron chi connectivity index (χ2n) is 4.95. The van der Waals surface area contributed by atoms with E-state index in [1.165, 1.54) is 6.07 Å². The first-order chi connectivity index (χ1) is 9.80. The van der Waals surface area contributed by atoms with Gasteiger partial charge in [0.1, 0.15) is 0 Å². The van der Waals surface area contributed by atoms with Gasteiger partial charge in [0.15, 0.2) is 0 Å². The normalized spacial score (nSPS) is 18.8. The highest BCUT2D eigenvalue weighted by molar-refractivity contribution is 5.98. The molecule has 1 aromatic rings. The monoisotopic (exact) mass is 301 g/mol. The molecule has 4 nitrogen and oxygen atoms in total. The van der Waals surface area contributed by atoms with Crippen molar-refractivity contribution in [3.8, 4) is 0 Å². The van der Waals surface area contributed by atoms with Crippen molar-refractivity contribution >= 4 is 17.6 Å². The molecule has 1 aliphatic rings. The quantitative estimate of drug-likeness (QED) is 0.913. The molecule has 1 N–H and O–H groups in total. The number of aliphatic carboxylic acids is 1. The lowest BCUT2D eigenvalue weighted by Gasteiger charge is -2.24. The van der Waals surface area contributed by atoms with Gasteiger partial charge in [-0.3, -0.25) is 9.59 Å². The van der Waals surface area contributed by atoms with Crippen molar-refractivity contribution in [2.24, 2.45) is 0 Å². The van der Waals surface area contributed by atoms with Crippen LogP contribution in [0.2, 0.25) is 0 Å². The Bertz CT molecular complexity index is 557. The smallest absolute Gasteiger partial charge is 0.471 e. The molecular weight excluding hydrogens is 287 g/mol. The lowest BCUT2D eigenvalue weighted by Crippen LogP contribution is -2.41. The Labute approximate surface area is 119 Å². The molecule has 1 amide bonds. The molecule has 0 saturated carbocycles. The summed E-state index contributed by atoms with van der Waals surface area (Å²) in [5.74, 6) is -3.30. The predicted octanol–water partition coefficient (Wildman–Crippen LogP) is 2.93. The summed E-state index contributed by atoms with van der Waals surface area (Å²) in [6.07, 6.45) is -4.34. The van der Waals surface area contributed by atoms with Crippen molar-refractivity contribution in [1.82, 2.24) is 0 Å². The molecule has 0 aromatic heterocycles. The zero-order valence-corrected chi connectivity index (χ0v) is 11.1. The van der Waals surface area contributed by atoms with Crippen LogP contribution in [0.1, 0.15) is 30.7 Å². The minimum atomic E-state index is -4.94. The maximum atomic E-state index is 12.7. The van der Waals surface area contributed by atoms with Crippen LogP contribution in [-0.4, -0.2) is 29.7 Å². The number of carboxylic acids is 1. The van der Waals surface area contributed by atoms with E-state index in [4.69, 9.17) is 5.11 Å². The third kappa shape index (κ3) is 3.34. The van der Waals surface area contributed by atoms with E-state index in [-0.39, 0.29) is 24.6 Å². The highest BCUT2D eigenvalue weighted by atomic mass is 19.4. The number of alkyl halides is 3. The van der Waals surface area contributed by atoms with Gasteiger partial charge in [0, 0.05) is 12.2 Å². The van der Waals surface area contributed by atoms with Crippen molar-refractivity contribution in [2.45, 2.75) is 31.4 Å². The number of anilines is 1. The SMILES string of the molecule is O=C(O)CC1CCCN(C(=O)C(F)(F)F)c2ccccc21. The molecule has 0 fully saturated rings. The van der Waals surface area contributed by atoms with E-state index in [9.17, 15) is 22.8 Å². The van der Waals surface area contributed by atoms with Crippen LogP contribution in [-0.2, 0) is 9.59 Å². The standard InChI is InChI=1S/C14H14F3NO3/c15-14(16,17)13(21)18-7-3-4-9(8-12(19)20)10-5-1-2-6-11(10)18/h1-2,5-6,9H,3-4,7-8H2,(H,19,20). The van der Waals surface area contributed by atoms with Crippen molar-refractivity contribution in [1.29, 1.82) is 0 Å². The number of fused-ring (bicyclic) bond motifs is 1. The van der Waals surface area contributed by atoms with Gasteiger partial charge in [-0.05, 0) is 30.4 Å². The van der Waals surface area contributed by atoms with Crippen molar-refractivity contribution < 1.29 is 27.9 Å². The van der Waals surface area contributed by atoms with E-state index in [1.54, 1.807) is 18.2 Å². The third-order valence-corrected chi connectivity index (χ3v) is 3.51. The van der Waals surface area contributed by atoms with Gasteiger partial charge in [0.2, 0.25) is 0 Å². The van der Waals surface area contributed by atoms with E-state index in [0.29, 0.717) is 23.3 Å². The average molecular weight is 301 g/mol. The minimum Gasteiger partial charge on any atom is -0.481 e. The van der Waals surface area contributed by atoms with Crippen LogP contribution in [0.3, 0.4) is 0 Å². The summed E-state index contributed by atoms with van der Waals surface area (Å²) in [4.78, 5) is 23.2. The highest BCUT2D eigenvalue weighted by Gasteiger charge is 2.44. The van der Waals surface area contributed by atoms with E-state index in [1.807, 2.05) is 0 Å². The Morgan fingerprint density at radius 2 is 1.95 bits per heavy atom. The molecule has 1 heterocycles. The molecule has 1 atom stereocenters. The van der Waals surface area contributed by atoms with Gasteiger partial charge in [-0.25, -0.2) is 0 Å². The first-order valence-corrected chi connectivity index (χ1v) is 6.50. The van der Waals surface area contributed by atoms with Gasteiger partial charge in [0.25, 0.3) is 0 Å². The van der Waals surface area contributed by atoms with Crippen LogP contribution in [0.5, 0.6) is 0 Å². The minimum absolute atomic E-state index is 0.0640. The van der Waals surface area contributed by atoms with Gasteiger partial charge < -0.3 is 10.0 Å². The number of hydrogen-bond donors (Lipinski definition) is 1. The first kappa shape index (κ1) is 15.3. The lowest BCUT2D eigenvalue weighted by molar-refractivity contribution is -0.170. The molecule has 2 rings (SSSR count). The molecule has 1 aliphatic heterocycles. The molecule has 0 radical (unpaired) electrons.